The molecule has 1 aromatic carbocycles. The van der Waals surface area contributed by atoms with E-state index in [2.05, 4.69) is 5.32 Å². The van der Waals surface area contributed by atoms with Crippen LogP contribution in [-0.4, -0.2) is 35.0 Å². The van der Waals surface area contributed by atoms with Crippen LogP contribution in [0.3, 0.4) is 0 Å². The average molecular weight is 362 g/mol. The summed E-state index contributed by atoms with van der Waals surface area (Å²) in [5.41, 5.74) is 0.804. The van der Waals surface area contributed by atoms with E-state index in [-0.39, 0.29) is 25.4 Å². The summed E-state index contributed by atoms with van der Waals surface area (Å²) >= 11 is 0. The number of amides is 3. The number of nitrogens with one attached hydrogen (secondary N) is 1. The normalized spacial score (nSPS) is 16.2. The molecular weight excluding hydrogens is 340 g/mol. The Hall–Kier alpha value is -2.90. The third kappa shape index (κ3) is 5.05. The van der Waals surface area contributed by atoms with Crippen molar-refractivity contribution in [3.63, 3.8) is 0 Å². The van der Waals surface area contributed by atoms with Crippen molar-refractivity contribution in [1.82, 2.24) is 10.4 Å². The Morgan fingerprint density at radius 2 is 1.77 bits per heavy atom. The van der Waals surface area contributed by atoms with E-state index < -0.39 is 29.9 Å². The van der Waals surface area contributed by atoms with Crippen LogP contribution in [0.25, 0.3) is 0 Å². The first kappa shape index (κ1) is 19.4. The molecule has 8 nitrogen and oxygen atoms in total. The lowest BCUT2D eigenvalue weighted by molar-refractivity contribution is -0.199. The molecule has 0 bridgehead atoms. The van der Waals surface area contributed by atoms with Crippen LogP contribution in [0, 0.1) is 5.92 Å². The van der Waals surface area contributed by atoms with E-state index in [1.54, 1.807) is 19.1 Å². The molecule has 140 valence electrons. The Bertz CT molecular complexity index is 660. The zero-order chi connectivity index (χ0) is 19.1. The smallest absolute Gasteiger partial charge is 0.408 e. The Morgan fingerprint density at radius 1 is 1.15 bits per heavy atom. The largest absolute Gasteiger partial charge is 0.445 e. The number of hydroxylamine groups is 2. The minimum Gasteiger partial charge on any atom is -0.445 e. The van der Waals surface area contributed by atoms with E-state index in [0.29, 0.717) is 11.5 Å². The van der Waals surface area contributed by atoms with E-state index in [0.717, 1.165) is 5.56 Å². The van der Waals surface area contributed by atoms with Gasteiger partial charge in [-0.05, 0) is 11.5 Å². The second kappa shape index (κ2) is 8.98. The maximum Gasteiger partial charge on any atom is 0.408 e. The molecule has 3 amide bonds. The maximum atomic E-state index is 12.4. The van der Waals surface area contributed by atoms with Gasteiger partial charge in [-0.1, -0.05) is 50.6 Å². The number of imide groups is 1. The minimum absolute atomic E-state index is 0.00660. The lowest BCUT2D eigenvalue weighted by atomic mass is 9.99. The summed E-state index contributed by atoms with van der Waals surface area (Å²) in [5, 5.41) is 2.92. The van der Waals surface area contributed by atoms with Crippen molar-refractivity contribution in [3.05, 3.63) is 35.9 Å². The summed E-state index contributed by atoms with van der Waals surface area (Å²) < 4.78 is 5.11. The Kier molecular flexibility index (Phi) is 6.71. The molecule has 1 N–H and O–H groups in total. The molecule has 1 saturated heterocycles. The molecule has 0 saturated carbocycles. The molecule has 8 heteroatoms. The van der Waals surface area contributed by atoms with Crippen LogP contribution in [0.5, 0.6) is 0 Å². The lowest BCUT2D eigenvalue weighted by Gasteiger charge is -2.23. The monoisotopic (exact) mass is 362 g/mol. The van der Waals surface area contributed by atoms with Crippen LogP contribution in [0.4, 0.5) is 4.79 Å². The van der Waals surface area contributed by atoms with Gasteiger partial charge in [0.2, 0.25) is 0 Å². The van der Waals surface area contributed by atoms with Crippen LogP contribution in [0.15, 0.2) is 30.3 Å². The van der Waals surface area contributed by atoms with E-state index in [1.807, 2.05) is 25.1 Å². The highest BCUT2D eigenvalue weighted by Gasteiger charge is 2.36. The number of carbonyl (C=O) groups excluding carboxylic acids is 4. The van der Waals surface area contributed by atoms with Crippen molar-refractivity contribution < 1.29 is 28.8 Å². The number of carbonyl (C=O) groups is 4. The summed E-state index contributed by atoms with van der Waals surface area (Å²) in [6, 6.07) is 8.06. The van der Waals surface area contributed by atoms with Crippen molar-refractivity contribution in [2.45, 2.75) is 45.8 Å². The highest BCUT2D eigenvalue weighted by atomic mass is 16.7. The predicted octanol–water partition coefficient (Wildman–Crippen LogP) is 1.93. The Balaban J connectivity index is 1.95. The highest BCUT2D eigenvalue weighted by Crippen LogP contribution is 2.16. The summed E-state index contributed by atoms with van der Waals surface area (Å²) in [6.45, 7) is 3.64. The zero-order valence-corrected chi connectivity index (χ0v) is 14.8. The Morgan fingerprint density at radius 3 is 2.35 bits per heavy atom. The first-order chi connectivity index (χ1) is 12.4. The van der Waals surface area contributed by atoms with Crippen LogP contribution in [0.1, 0.15) is 38.7 Å². The number of hydrogen-bond acceptors (Lipinski definition) is 6. The molecule has 0 aliphatic carbocycles. The summed E-state index contributed by atoms with van der Waals surface area (Å²) in [6.07, 6.45) is -0.199. The second-order valence-electron chi connectivity index (χ2n) is 6.06. The van der Waals surface area contributed by atoms with Gasteiger partial charge < -0.3 is 14.9 Å². The van der Waals surface area contributed by atoms with Crippen molar-refractivity contribution in [3.8, 4) is 0 Å². The first-order valence-electron chi connectivity index (χ1n) is 8.47. The molecular formula is C18H22N2O6. The fourth-order valence-corrected chi connectivity index (χ4v) is 2.37. The van der Waals surface area contributed by atoms with E-state index in [1.165, 1.54) is 0 Å². The topological polar surface area (TPSA) is 102 Å². The van der Waals surface area contributed by atoms with Crippen molar-refractivity contribution in [2.24, 2.45) is 5.92 Å². The average Bonchev–Trinajstić information content (AvgIpc) is 2.96. The Labute approximate surface area is 151 Å². The summed E-state index contributed by atoms with van der Waals surface area (Å²) in [4.78, 5) is 52.5. The first-order valence-corrected chi connectivity index (χ1v) is 8.47. The number of hydrogen-bond donors (Lipinski definition) is 1. The van der Waals surface area contributed by atoms with Gasteiger partial charge in [0, 0.05) is 12.8 Å². The molecule has 1 aromatic rings. The summed E-state index contributed by atoms with van der Waals surface area (Å²) in [7, 11) is 0. The van der Waals surface area contributed by atoms with E-state index in [4.69, 9.17) is 9.57 Å². The molecule has 1 aliphatic heterocycles. The second-order valence-corrected chi connectivity index (χ2v) is 6.06. The van der Waals surface area contributed by atoms with Gasteiger partial charge in [-0.3, -0.25) is 9.59 Å². The van der Waals surface area contributed by atoms with Gasteiger partial charge in [0.15, 0.2) is 0 Å². The quantitative estimate of drug-likeness (QED) is 0.744. The van der Waals surface area contributed by atoms with Gasteiger partial charge >= 0.3 is 12.1 Å². The van der Waals surface area contributed by atoms with Gasteiger partial charge in [-0.25, -0.2) is 9.59 Å². The van der Waals surface area contributed by atoms with Gasteiger partial charge in [-0.2, -0.15) is 0 Å². The van der Waals surface area contributed by atoms with Gasteiger partial charge in [-0.15, -0.1) is 5.06 Å². The molecule has 0 aromatic heterocycles. The van der Waals surface area contributed by atoms with Crippen molar-refractivity contribution >= 4 is 23.9 Å². The SMILES string of the molecule is CCC(C)C(NC(=O)OCc1ccccc1)C(=O)ON1C(=O)CCC1=O. The molecule has 1 aliphatic rings. The number of alkyl carbamates (subject to hydrolysis) is 1. The van der Waals surface area contributed by atoms with Gasteiger partial charge in [0.05, 0.1) is 0 Å². The van der Waals surface area contributed by atoms with E-state index in [9.17, 15) is 19.2 Å². The molecule has 2 unspecified atom stereocenters. The van der Waals surface area contributed by atoms with Gasteiger partial charge in [0.25, 0.3) is 11.8 Å². The third-order valence-electron chi connectivity index (χ3n) is 4.14. The fourth-order valence-electron chi connectivity index (χ4n) is 2.37. The van der Waals surface area contributed by atoms with Crippen LogP contribution in [-0.2, 0) is 30.6 Å². The number of benzene rings is 1. The zero-order valence-electron chi connectivity index (χ0n) is 14.8. The molecule has 2 rings (SSSR count). The molecule has 0 spiro atoms. The van der Waals surface area contributed by atoms with Gasteiger partial charge in [0.1, 0.15) is 12.6 Å². The summed E-state index contributed by atoms with van der Waals surface area (Å²) in [5.74, 6) is -2.30. The molecule has 1 heterocycles. The standard InChI is InChI=1S/C18H22N2O6/c1-3-12(2)16(17(23)26-20-14(21)9-10-15(20)22)19-18(24)25-11-13-7-5-4-6-8-13/h4-8,12,16H,3,9-11H2,1-2H3,(H,19,24). The van der Waals surface area contributed by atoms with Crippen molar-refractivity contribution in [2.75, 3.05) is 0 Å². The van der Waals surface area contributed by atoms with Crippen LogP contribution >= 0.6 is 0 Å². The number of nitrogens with zero attached hydrogens (tertiary/aromatic N) is 1. The number of rotatable bonds is 7. The number of ether oxygens (including phenoxy) is 1. The molecule has 26 heavy (non-hydrogen) atoms. The molecule has 2 atom stereocenters. The predicted molar refractivity (Wildman–Crippen MR) is 90.2 cm³/mol. The highest BCUT2D eigenvalue weighted by molar-refractivity contribution is 6.01. The van der Waals surface area contributed by atoms with Crippen LogP contribution in [0.2, 0.25) is 0 Å². The third-order valence-corrected chi connectivity index (χ3v) is 4.14. The minimum atomic E-state index is -1.04. The fraction of sp³-hybridized carbons (Fsp3) is 0.444. The lowest BCUT2D eigenvalue weighted by Crippen LogP contribution is -2.48. The van der Waals surface area contributed by atoms with E-state index >= 15 is 0 Å². The molecule has 1 fully saturated rings. The van der Waals surface area contributed by atoms with Crippen LogP contribution < -0.4 is 5.32 Å². The van der Waals surface area contributed by atoms with Crippen molar-refractivity contribution in [1.29, 1.82) is 0 Å². The maximum absolute atomic E-state index is 12.4. The molecule has 0 radical (unpaired) electrons.